The van der Waals surface area contributed by atoms with E-state index < -0.39 is 59.6 Å². The molecule has 0 saturated heterocycles. The van der Waals surface area contributed by atoms with Crippen molar-refractivity contribution in [1.29, 1.82) is 5.26 Å². The van der Waals surface area contributed by atoms with Gasteiger partial charge in [-0.25, -0.2) is 4.79 Å². The van der Waals surface area contributed by atoms with E-state index in [1.807, 2.05) is 97.1 Å². The molecule has 1 unspecified atom stereocenters. The van der Waals surface area contributed by atoms with Crippen molar-refractivity contribution in [3.05, 3.63) is 233 Å². The molecule has 15 nitrogen and oxygen atoms in total. The second-order valence-corrected chi connectivity index (χ2v) is 16.8. The van der Waals surface area contributed by atoms with Crippen molar-refractivity contribution in [3.8, 4) is 17.6 Å². The topological polar surface area (TPSA) is 225 Å². The van der Waals surface area contributed by atoms with Crippen LogP contribution in [0.4, 0.5) is 17.1 Å². The van der Waals surface area contributed by atoms with Gasteiger partial charge in [0, 0.05) is 28.1 Å². The number of carbonyl (C=O) groups excluding carboxylic acids is 5. The zero-order chi connectivity index (χ0) is 51.9. The fourth-order valence-corrected chi connectivity index (χ4v) is 7.88. The first-order valence-corrected chi connectivity index (χ1v) is 23.0. The van der Waals surface area contributed by atoms with Gasteiger partial charge in [-0.2, -0.15) is 5.26 Å². The van der Waals surface area contributed by atoms with Crippen LogP contribution < -0.4 is 36.1 Å². The van der Waals surface area contributed by atoms with Crippen LogP contribution in [0.5, 0.6) is 11.5 Å². The fraction of sp³-hybridized carbons (Fsp3) is 0.121. The Bertz CT molecular complexity index is 3060. The third-order valence-electron chi connectivity index (χ3n) is 11.3. The number of benzene rings is 7. The summed E-state index contributed by atoms with van der Waals surface area (Å²) in [5.74, 6) is -4.38. The Labute approximate surface area is 421 Å². The zero-order valence-corrected chi connectivity index (χ0v) is 39.8. The minimum Gasteiger partial charge on any atom is -0.485 e. The standard InChI is InChI=1S/C58H50N6O9/c1-4-34-72-51-47(57(70)71)32-33-48(52(51)73-37(2)3)62-54(67)40-26-30-46(31-27-40)61-56(69)49(63-55(68)41-24-28-45(29-25-41)60-53(66)39-22-20-38(36-59)21-23-39)35-50(65)64-58(42-14-8-5-9-15-42,43-16-10-6-11-17-43)44-18-12-7-13-19-44/h4-33,37,49H,1,34-35H2,2-3H3,(H,60,66)(H,61,69)(H,62,67)(H,63,68)(H,64,65)(H,70,71). The van der Waals surface area contributed by atoms with E-state index in [9.17, 15) is 33.9 Å². The number of ether oxygens (including phenoxy) is 2. The molecule has 73 heavy (non-hydrogen) atoms. The Balaban J connectivity index is 1.15. The van der Waals surface area contributed by atoms with Crippen LogP contribution in [0, 0.1) is 11.3 Å². The average molecular weight is 975 g/mol. The number of carbonyl (C=O) groups is 6. The Kier molecular flexibility index (Phi) is 16.6. The van der Waals surface area contributed by atoms with Gasteiger partial charge in [0.1, 0.15) is 23.8 Å². The van der Waals surface area contributed by atoms with Gasteiger partial charge in [0.05, 0.1) is 29.8 Å². The molecule has 1 atom stereocenters. The molecule has 0 bridgehead atoms. The Morgan fingerprint density at radius 1 is 0.616 bits per heavy atom. The maximum atomic E-state index is 14.6. The van der Waals surface area contributed by atoms with Gasteiger partial charge in [-0.3, -0.25) is 24.0 Å². The average Bonchev–Trinajstić information content (AvgIpc) is 3.40. The summed E-state index contributed by atoms with van der Waals surface area (Å²) in [6.45, 7) is 7.07. The maximum absolute atomic E-state index is 14.6. The first kappa shape index (κ1) is 51.1. The molecule has 0 saturated carbocycles. The summed E-state index contributed by atoms with van der Waals surface area (Å²) in [6.07, 6.45) is 0.500. The van der Waals surface area contributed by atoms with Gasteiger partial charge in [0.15, 0.2) is 11.5 Å². The normalized spacial score (nSPS) is 11.2. The van der Waals surface area contributed by atoms with Crippen LogP contribution in [0.15, 0.2) is 189 Å². The summed E-state index contributed by atoms with van der Waals surface area (Å²) in [4.78, 5) is 81.7. The van der Waals surface area contributed by atoms with E-state index in [0.717, 1.165) is 16.7 Å². The van der Waals surface area contributed by atoms with Gasteiger partial charge in [-0.1, -0.05) is 104 Å². The van der Waals surface area contributed by atoms with E-state index in [2.05, 4.69) is 33.2 Å². The van der Waals surface area contributed by atoms with Crippen LogP contribution in [0.3, 0.4) is 0 Å². The Morgan fingerprint density at radius 2 is 1.10 bits per heavy atom. The fourth-order valence-electron chi connectivity index (χ4n) is 7.88. The van der Waals surface area contributed by atoms with Crippen molar-refractivity contribution in [2.45, 2.75) is 38.0 Å². The third-order valence-corrected chi connectivity index (χ3v) is 11.3. The molecule has 5 amide bonds. The summed E-state index contributed by atoms with van der Waals surface area (Å²) in [5.41, 5.74) is 2.56. The second kappa shape index (κ2) is 23.7. The summed E-state index contributed by atoms with van der Waals surface area (Å²) >= 11 is 0. The first-order valence-electron chi connectivity index (χ1n) is 23.0. The summed E-state index contributed by atoms with van der Waals surface area (Å²) in [7, 11) is 0. The largest absolute Gasteiger partial charge is 0.485 e. The van der Waals surface area contributed by atoms with E-state index in [1.165, 1.54) is 91.0 Å². The van der Waals surface area contributed by atoms with Crippen molar-refractivity contribution >= 4 is 52.6 Å². The first-order chi connectivity index (χ1) is 35.3. The van der Waals surface area contributed by atoms with Crippen LogP contribution in [-0.2, 0) is 15.1 Å². The molecule has 7 aromatic rings. The van der Waals surface area contributed by atoms with Crippen molar-refractivity contribution < 1.29 is 43.3 Å². The summed E-state index contributed by atoms with van der Waals surface area (Å²) in [5, 5.41) is 33.2. The summed E-state index contributed by atoms with van der Waals surface area (Å²) < 4.78 is 11.6. The van der Waals surface area contributed by atoms with Gasteiger partial charge in [0.25, 0.3) is 17.7 Å². The molecule has 0 spiro atoms. The number of hydrogen-bond donors (Lipinski definition) is 6. The van der Waals surface area contributed by atoms with Gasteiger partial charge in [-0.05, 0) is 115 Å². The predicted octanol–water partition coefficient (Wildman–Crippen LogP) is 9.35. The van der Waals surface area contributed by atoms with Crippen LogP contribution in [-0.4, -0.2) is 59.4 Å². The number of carboxylic acid groups (broad SMARTS) is 1. The van der Waals surface area contributed by atoms with E-state index in [1.54, 1.807) is 13.8 Å². The third kappa shape index (κ3) is 12.5. The highest BCUT2D eigenvalue weighted by molar-refractivity contribution is 6.08. The van der Waals surface area contributed by atoms with Crippen LogP contribution >= 0.6 is 0 Å². The van der Waals surface area contributed by atoms with Crippen LogP contribution in [0.1, 0.15) is 84.0 Å². The number of carboxylic acids is 1. The lowest BCUT2D eigenvalue weighted by Gasteiger charge is -2.37. The second-order valence-electron chi connectivity index (χ2n) is 16.8. The number of rotatable bonds is 20. The molecule has 0 aliphatic rings. The molecule has 0 radical (unpaired) electrons. The number of nitrogens with zero attached hydrogens (tertiary/aromatic N) is 1. The highest BCUT2D eigenvalue weighted by atomic mass is 16.5. The number of aromatic carboxylic acids is 1. The number of nitriles is 1. The molecule has 15 heteroatoms. The molecule has 366 valence electrons. The summed E-state index contributed by atoms with van der Waals surface area (Å²) in [6, 6.07) is 49.3. The number of amides is 5. The SMILES string of the molecule is C=CCOc1c(C(=O)O)ccc(NC(=O)c2ccc(NC(=O)C(CC(=O)NC(c3ccccc3)(c3ccccc3)c3ccccc3)NC(=O)c3ccc(NC(=O)c4ccc(C#N)cc4)cc3)cc2)c1OC(C)C. The molecule has 0 aliphatic carbocycles. The lowest BCUT2D eigenvalue weighted by atomic mass is 9.77. The number of nitrogens with one attached hydrogen (secondary N) is 5. The van der Waals surface area contributed by atoms with Gasteiger partial charge in [-0.15, -0.1) is 0 Å². The molecule has 0 fully saturated rings. The molecule has 7 aromatic carbocycles. The lowest BCUT2D eigenvalue weighted by molar-refractivity contribution is -0.126. The van der Waals surface area contributed by atoms with Crippen molar-refractivity contribution in [2.24, 2.45) is 0 Å². The number of anilines is 3. The predicted molar refractivity (Wildman–Crippen MR) is 277 cm³/mol. The van der Waals surface area contributed by atoms with E-state index in [0.29, 0.717) is 16.8 Å². The van der Waals surface area contributed by atoms with E-state index in [-0.39, 0.29) is 46.2 Å². The van der Waals surface area contributed by atoms with Crippen molar-refractivity contribution in [3.63, 3.8) is 0 Å². The number of hydrogen-bond acceptors (Lipinski definition) is 9. The highest BCUT2D eigenvalue weighted by Crippen LogP contribution is 2.40. The molecule has 7 rings (SSSR count). The smallest absolute Gasteiger partial charge is 0.339 e. The van der Waals surface area contributed by atoms with Gasteiger partial charge in [0.2, 0.25) is 11.8 Å². The molecule has 6 N–H and O–H groups in total. The molecule has 0 aliphatic heterocycles. The van der Waals surface area contributed by atoms with Gasteiger partial charge >= 0.3 is 5.97 Å². The van der Waals surface area contributed by atoms with E-state index >= 15 is 0 Å². The van der Waals surface area contributed by atoms with Crippen LogP contribution in [0.2, 0.25) is 0 Å². The lowest BCUT2D eigenvalue weighted by Crippen LogP contribution is -2.52. The van der Waals surface area contributed by atoms with Crippen LogP contribution in [0.25, 0.3) is 0 Å². The van der Waals surface area contributed by atoms with Crippen molar-refractivity contribution in [2.75, 3.05) is 22.6 Å². The monoisotopic (exact) mass is 974 g/mol. The Morgan fingerprint density at radius 3 is 1.58 bits per heavy atom. The van der Waals surface area contributed by atoms with Crippen molar-refractivity contribution in [1.82, 2.24) is 10.6 Å². The minimum atomic E-state index is -1.46. The zero-order valence-electron chi connectivity index (χ0n) is 39.8. The molecular weight excluding hydrogens is 925 g/mol. The quantitative estimate of drug-likeness (QED) is 0.0313. The maximum Gasteiger partial charge on any atom is 0.339 e. The Hall–Kier alpha value is -9.81. The molecular formula is C58H50N6O9. The van der Waals surface area contributed by atoms with Gasteiger partial charge < -0.3 is 41.2 Å². The molecule has 0 heterocycles. The molecule has 0 aromatic heterocycles. The highest BCUT2D eigenvalue weighted by Gasteiger charge is 2.39. The van der Waals surface area contributed by atoms with E-state index in [4.69, 9.17) is 14.7 Å². The minimum absolute atomic E-state index is 0.0158.